The fraction of sp³-hybridized carbons (Fsp3) is 0.353. The van der Waals surface area contributed by atoms with E-state index in [4.69, 9.17) is 4.74 Å². The molecule has 3 heteroatoms. The molecule has 0 bridgehead atoms. The van der Waals surface area contributed by atoms with E-state index in [1.165, 1.54) is 0 Å². The molecule has 1 aromatic carbocycles. The molecule has 0 fully saturated rings. The van der Waals surface area contributed by atoms with Gasteiger partial charge >= 0.3 is 5.97 Å². The minimum absolute atomic E-state index is 0.187. The molecule has 0 aliphatic carbocycles. The first-order chi connectivity index (χ1) is 9.69. The number of fused-ring (bicyclic) bond motifs is 1. The Hall–Kier alpha value is -2.03. The largest absolute Gasteiger partial charge is 0.465 e. The van der Waals surface area contributed by atoms with Crippen LogP contribution in [-0.2, 0) is 16.6 Å². The summed E-state index contributed by atoms with van der Waals surface area (Å²) in [7, 11) is 2.00. The van der Waals surface area contributed by atoms with Crippen molar-refractivity contribution in [3.05, 3.63) is 48.2 Å². The van der Waals surface area contributed by atoms with Gasteiger partial charge in [0.15, 0.2) is 0 Å². The van der Waals surface area contributed by atoms with Crippen molar-refractivity contribution in [2.24, 2.45) is 7.05 Å². The lowest BCUT2D eigenvalue weighted by Gasteiger charge is -2.11. The fourth-order valence-corrected chi connectivity index (χ4v) is 2.43. The Labute approximate surface area is 119 Å². The summed E-state index contributed by atoms with van der Waals surface area (Å²) in [6.07, 6.45) is 6.88. The number of ether oxygens (including phenoxy) is 1. The summed E-state index contributed by atoms with van der Waals surface area (Å²) in [5.74, 6) is -0.519. The molecule has 2 aromatic rings. The summed E-state index contributed by atoms with van der Waals surface area (Å²) in [6.45, 7) is 4.30. The number of esters is 1. The molecule has 2 rings (SSSR count). The molecule has 1 aromatic heterocycles. The molecule has 0 N–H and O–H groups in total. The molecule has 0 aliphatic rings. The van der Waals surface area contributed by atoms with Crippen molar-refractivity contribution in [3.63, 3.8) is 0 Å². The number of aromatic nitrogens is 1. The van der Waals surface area contributed by atoms with Gasteiger partial charge in [0.05, 0.1) is 6.61 Å². The van der Waals surface area contributed by atoms with Crippen molar-refractivity contribution in [1.82, 2.24) is 4.57 Å². The molecule has 0 saturated carbocycles. The molecule has 1 unspecified atom stereocenters. The highest BCUT2D eigenvalue weighted by molar-refractivity contribution is 5.91. The van der Waals surface area contributed by atoms with Crippen LogP contribution in [0.2, 0.25) is 0 Å². The average molecular weight is 271 g/mol. The lowest BCUT2D eigenvalue weighted by Crippen LogP contribution is -2.14. The molecule has 106 valence electrons. The number of allylic oxidation sites excluding steroid dienone is 1. The van der Waals surface area contributed by atoms with Crippen molar-refractivity contribution < 1.29 is 9.53 Å². The molecule has 0 amide bonds. The van der Waals surface area contributed by atoms with Crippen molar-refractivity contribution in [2.45, 2.75) is 26.2 Å². The van der Waals surface area contributed by atoms with Crippen LogP contribution in [0, 0.1) is 0 Å². The molecule has 1 atom stereocenters. The number of hydrogen-bond acceptors (Lipinski definition) is 2. The highest BCUT2D eigenvalue weighted by atomic mass is 16.5. The number of carbonyl (C=O) groups excluding carboxylic acids is 1. The zero-order valence-electron chi connectivity index (χ0n) is 12.3. The number of carbonyl (C=O) groups is 1. The molecule has 0 radical (unpaired) electrons. The first-order valence-electron chi connectivity index (χ1n) is 7.06. The van der Waals surface area contributed by atoms with Gasteiger partial charge in [0, 0.05) is 24.1 Å². The molecular weight excluding hydrogens is 250 g/mol. The Morgan fingerprint density at radius 3 is 2.80 bits per heavy atom. The number of benzene rings is 1. The second kappa shape index (κ2) is 6.42. The van der Waals surface area contributed by atoms with Gasteiger partial charge in [-0.25, -0.2) is 0 Å². The highest BCUT2D eigenvalue weighted by Crippen LogP contribution is 2.29. The number of rotatable bonds is 5. The quantitative estimate of drug-likeness (QED) is 0.612. The number of para-hydroxylation sites is 1. The molecular formula is C17H21NO2. The Kier molecular flexibility index (Phi) is 4.61. The van der Waals surface area contributed by atoms with E-state index in [1.807, 2.05) is 44.5 Å². The fourth-order valence-electron chi connectivity index (χ4n) is 2.43. The highest BCUT2D eigenvalue weighted by Gasteiger charge is 2.22. The third kappa shape index (κ3) is 2.77. The van der Waals surface area contributed by atoms with Gasteiger partial charge in [0.1, 0.15) is 5.92 Å². The second-order valence-corrected chi connectivity index (χ2v) is 4.78. The SMILES string of the molecule is CC/C=C/C(C(=O)OCC)c1cn(C)c2ccccc12. The van der Waals surface area contributed by atoms with E-state index in [0.717, 1.165) is 22.9 Å². The number of aryl methyl sites for hydroxylation is 1. The van der Waals surface area contributed by atoms with Gasteiger partial charge in [-0.3, -0.25) is 4.79 Å². The van der Waals surface area contributed by atoms with Gasteiger partial charge in [0.2, 0.25) is 0 Å². The molecule has 20 heavy (non-hydrogen) atoms. The van der Waals surface area contributed by atoms with Crippen molar-refractivity contribution in [2.75, 3.05) is 6.61 Å². The molecule has 1 heterocycles. The lowest BCUT2D eigenvalue weighted by atomic mass is 9.98. The predicted octanol–water partition coefficient (Wildman–Crippen LogP) is 3.79. The van der Waals surface area contributed by atoms with E-state index in [0.29, 0.717) is 6.61 Å². The maximum absolute atomic E-state index is 12.2. The van der Waals surface area contributed by atoms with Gasteiger partial charge in [-0.1, -0.05) is 37.3 Å². The van der Waals surface area contributed by atoms with Crippen LogP contribution in [0.5, 0.6) is 0 Å². The minimum Gasteiger partial charge on any atom is -0.465 e. The Morgan fingerprint density at radius 2 is 2.10 bits per heavy atom. The van der Waals surface area contributed by atoms with E-state index in [9.17, 15) is 4.79 Å². The van der Waals surface area contributed by atoms with E-state index >= 15 is 0 Å². The first kappa shape index (κ1) is 14.4. The third-order valence-electron chi connectivity index (χ3n) is 3.37. The summed E-state index contributed by atoms with van der Waals surface area (Å²) in [4.78, 5) is 12.2. The summed E-state index contributed by atoms with van der Waals surface area (Å²) in [5, 5.41) is 1.11. The van der Waals surface area contributed by atoms with Gasteiger partial charge in [-0.2, -0.15) is 0 Å². The maximum Gasteiger partial charge on any atom is 0.317 e. The van der Waals surface area contributed by atoms with Crippen molar-refractivity contribution in [3.8, 4) is 0 Å². The molecule has 0 spiro atoms. The average Bonchev–Trinajstić information content (AvgIpc) is 2.78. The normalized spacial score (nSPS) is 12.9. The van der Waals surface area contributed by atoms with Crippen LogP contribution in [0.15, 0.2) is 42.6 Å². The predicted molar refractivity (Wildman–Crippen MR) is 81.7 cm³/mol. The topological polar surface area (TPSA) is 31.2 Å². The van der Waals surface area contributed by atoms with Crippen LogP contribution >= 0.6 is 0 Å². The summed E-state index contributed by atoms with van der Waals surface area (Å²) in [6, 6.07) is 8.12. The Morgan fingerprint density at radius 1 is 1.35 bits per heavy atom. The van der Waals surface area contributed by atoms with Crippen molar-refractivity contribution >= 4 is 16.9 Å². The lowest BCUT2D eigenvalue weighted by molar-refractivity contribution is -0.143. The summed E-state index contributed by atoms with van der Waals surface area (Å²) < 4.78 is 7.27. The number of nitrogens with zero attached hydrogens (tertiary/aromatic N) is 1. The zero-order chi connectivity index (χ0) is 14.5. The van der Waals surface area contributed by atoms with Crippen LogP contribution in [-0.4, -0.2) is 17.1 Å². The van der Waals surface area contributed by atoms with E-state index in [2.05, 4.69) is 23.6 Å². The Balaban J connectivity index is 2.50. The molecule has 0 saturated heterocycles. The van der Waals surface area contributed by atoms with Gasteiger partial charge in [0.25, 0.3) is 0 Å². The molecule has 0 aliphatic heterocycles. The summed E-state index contributed by atoms with van der Waals surface area (Å²) >= 11 is 0. The van der Waals surface area contributed by atoms with Gasteiger partial charge < -0.3 is 9.30 Å². The molecule has 3 nitrogen and oxygen atoms in total. The maximum atomic E-state index is 12.2. The number of hydrogen-bond donors (Lipinski definition) is 0. The van der Waals surface area contributed by atoms with E-state index in [-0.39, 0.29) is 11.9 Å². The van der Waals surface area contributed by atoms with Gasteiger partial charge in [-0.15, -0.1) is 0 Å². The monoisotopic (exact) mass is 271 g/mol. The van der Waals surface area contributed by atoms with Crippen LogP contribution in [0.3, 0.4) is 0 Å². The summed E-state index contributed by atoms with van der Waals surface area (Å²) in [5.41, 5.74) is 2.13. The van der Waals surface area contributed by atoms with Gasteiger partial charge in [-0.05, 0) is 25.0 Å². The third-order valence-corrected chi connectivity index (χ3v) is 3.37. The van der Waals surface area contributed by atoms with Crippen LogP contribution < -0.4 is 0 Å². The minimum atomic E-state index is -0.332. The van der Waals surface area contributed by atoms with Crippen LogP contribution in [0.25, 0.3) is 10.9 Å². The van der Waals surface area contributed by atoms with Crippen LogP contribution in [0.4, 0.5) is 0 Å². The van der Waals surface area contributed by atoms with Crippen LogP contribution in [0.1, 0.15) is 31.7 Å². The zero-order valence-corrected chi connectivity index (χ0v) is 12.3. The Bertz CT molecular complexity index is 625. The van der Waals surface area contributed by atoms with E-state index in [1.54, 1.807) is 0 Å². The van der Waals surface area contributed by atoms with Crippen molar-refractivity contribution in [1.29, 1.82) is 0 Å². The first-order valence-corrected chi connectivity index (χ1v) is 7.06. The standard InChI is InChI=1S/C17H21NO2/c1-4-6-9-14(17(19)20-5-2)15-12-18(3)16-11-8-7-10-13(15)16/h6-12,14H,4-5H2,1-3H3/b9-6+. The van der Waals surface area contributed by atoms with E-state index < -0.39 is 0 Å². The second-order valence-electron chi connectivity index (χ2n) is 4.78. The smallest absolute Gasteiger partial charge is 0.317 e.